The summed E-state index contributed by atoms with van der Waals surface area (Å²) >= 11 is 6.01. The van der Waals surface area contributed by atoms with Crippen LogP contribution in [0.5, 0.6) is 0 Å². The van der Waals surface area contributed by atoms with E-state index in [1.54, 1.807) is 0 Å². The molecule has 3 heteroatoms. The first-order chi connectivity index (χ1) is 12.7. The molecule has 0 N–H and O–H groups in total. The molecule has 0 bridgehead atoms. The van der Waals surface area contributed by atoms with Gasteiger partial charge >= 0.3 is 0 Å². The van der Waals surface area contributed by atoms with Gasteiger partial charge in [-0.05, 0) is 60.5 Å². The molecule has 0 fully saturated rings. The van der Waals surface area contributed by atoms with Crippen LogP contribution in [0, 0.1) is 0 Å². The monoisotopic (exact) mass is 359 g/mol. The summed E-state index contributed by atoms with van der Waals surface area (Å²) in [5.41, 5.74) is 4.01. The lowest BCUT2D eigenvalue weighted by atomic mass is 10.1. The van der Waals surface area contributed by atoms with E-state index in [2.05, 4.69) is 31.2 Å². The van der Waals surface area contributed by atoms with Crippen LogP contribution in [0.1, 0.15) is 12.5 Å². The molecule has 4 rings (SSSR count). The largest absolute Gasteiger partial charge is 0.456 e. The van der Waals surface area contributed by atoms with Gasteiger partial charge in [0.05, 0.1) is 11.0 Å². The van der Waals surface area contributed by atoms with Crippen LogP contribution < -0.4 is 5.36 Å². The first-order valence-electron chi connectivity index (χ1n) is 8.65. The van der Waals surface area contributed by atoms with Crippen molar-refractivity contribution in [3.8, 4) is 11.3 Å². The zero-order valence-corrected chi connectivity index (χ0v) is 15.2. The maximum atomic E-state index is 6.10. The highest BCUT2D eigenvalue weighted by Gasteiger charge is 2.06. The number of benzene rings is 3. The molecule has 0 saturated carbocycles. The van der Waals surface area contributed by atoms with Crippen molar-refractivity contribution >= 4 is 28.3 Å². The van der Waals surface area contributed by atoms with Crippen molar-refractivity contribution in [3.63, 3.8) is 0 Å². The molecule has 1 aromatic heterocycles. The van der Waals surface area contributed by atoms with Gasteiger partial charge in [0.1, 0.15) is 11.3 Å². The number of fused-ring (bicyclic) bond motifs is 1. The van der Waals surface area contributed by atoms with Gasteiger partial charge in [0.15, 0.2) is 0 Å². The van der Waals surface area contributed by atoms with E-state index in [1.807, 2.05) is 54.6 Å². The van der Waals surface area contributed by atoms with Crippen molar-refractivity contribution in [3.05, 3.63) is 94.8 Å². The highest BCUT2D eigenvalue weighted by Crippen LogP contribution is 2.24. The van der Waals surface area contributed by atoms with Crippen LogP contribution in [0.3, 0.4) is 0 Å². The van der Waals surface area contributed by atoms with E-state index >= 15 is 0 Å². The standard InChI is InChI=1S/C23H18ClNO/c1-2-16-7-13-19(14-8-16)25-21-15-23(17-9-11-18(24)12-10-17)26-22-6-4-3-5-20(21)22/h3-15H,2H2,1H3. The summed E-state index contributed by atoms with van der Waals surface area (Å²) in [6.07, 6.45) is 1.02. The molecule has 1 heterocycles. The number of para-hydroxylation sites is 1. The predicted octanol–water partition coefficient (Wildman–Crippen LogP) is 6.55. The van der Waals surface area contributed by atoms with Crippen molar-refractivity contribution in [1.29, 1.82) is 0 Å². The minimum atomic E-state index is 0.704. The van der Waals surface area contributed by atoms with Gasteiger partial charge in [0, 0.05) is 22.0 Å². The van der Waals surface area contributed by atoms with E-state index in [0.717, 1.165) is 39.8 Å². The first kappa shape index (κ1) is 16.6. The quantitative estimate of drug-likeness (QED) is 0.407. The molecule has 0 unspecified atom stereocenters. The molecular weight excluding hydrogens is 342 g/mol. The molecule has 0 radical (unpaired) electrons. The normalized spacial score (nSPS) is 11.8. The average molecular weight is 360 g/mol. The van der Waals surface area contributed by atoms with Crippen LogP contribution in [-0.4, -0.2) is 0 Å². The van der Waals surface area contributed by atoms with E-state index in [1.165, 1.54) is 5.56 Å². The molecular formula is C23H18ClNO. The molecule has 0 aliphatic carbocycles. The lowest BCUT2D eigenvalue weighted by Crippen LogP contribution is -2.03. The summed E-state index contributed by atoms with van der Waals surface area (Å²) in [6.45, 7) is 2.15. The third-order valence-corrected chi connectivity index (χ3v) is 4.63. The topological polar surface area (TPSA) is 25.5 Å². The summed E-state index contributed by atoms with van der Waals surface area (Å²) in [6, 6.07) is 25.9. The second-order valence-corrected chi connectivity index (χ2v) is 6.57. The Balaban J connectivity index is 1.91. The highest BCUT2D eigenvalue weighted by atomic mass is 35.5. The summed E-state index contributed by atoms with van der Waals surface area (Å²) in [5, 5.41) is 2.58. The van der Waals surface area contributed by atoms with E-state index in [-0.39, 0.29) is 0 Å². The van der Waals surface area contributed by atoms with Gasteiger partial charge in [-0.2, -0.15) is 0 Å². The summed E-state index contributed by atoms with van der Waals surface area (Å²) in [7, 11) is 0. The SMILES string of the molecule is CCc1ccc(N=c2cc(-c3ccc(Cl)cc3)oc3ccccc23)cc1. The fraction of sp³-hybridized carbons (Fsp3) is 0.0870. The minimum absolute atomic E-state index is 0.704. The Morgan fingerprint density at radius 2 is 1.62 bits per heavy atom. The van der Waals surface area contributed by atoms with E-state index in [0.29, 0.717) is 5.02 Å². The van der Waals surface area contributed by atoms with Gasteiger partial charge in [-0.15, -0.1) is 0 Å². The van der Waals surface area contributed by atoms with Crippen molar-refractivity contribution in [2.45, 2.75) is 13.3 Å². The maximum Gasteiger partial charge on any atom is 0.136 e. The van der Waals surface area contributed by atoms with Crippen LogP contribution in [0.25, 0.3) is 22.3 Å². The van der Waals surface area contributed by atoms with E-state index in [4.69, 9.17) is 21.0 Å². The predicted molar refractivity (Wildman–Crippen MR) is 108 cm³/mol. The Kier molecular flexibility index (Phi) is 4.59. The average Bonchev–Trinajstić information content (AvgIpc) is 2.69. The third kappa shape index (κ3) is 3.42. The van der Waals surface area contributed by atoms with Crippen molar-refractivity contribution in [2.24, 2.45) is 4.99 Å². The molecule has 0 aliphatic heterocycles. The number of hydrogen-bond donors (Lipinski definition) is 0. The minimum Gasteiger partial charge on any atom is -0.456 e. The highest BCUT2D eigenvalue weighted by molar-refractivity contribution is 6.30. The van der Waals surface area contributed by atoms with Gasteiger partial charge in [-0.1, -0.05) is 42.8 Å². The van der Waals surface area contributed by atoms with Gasteiger partial charge in [0.25, 0.3) is 0 Å². The van der Waals surface area contributed by atoms with E-state index in [9.17, 15) is 0 Å². The molecule has 26 heavy (non-hydrogen) atoms. The zero-order valence-electron chi connectivity index (χ0n) is 14.4. The Hall–Kier alpha value is -2.84. The smallest absolute Gasteiger partial charge is 0.136 e. The number of halogens is 1. The number of nitrogens with zero attached hydrogens (tertiary/aromatic N) is 1. The fourth-order valence-corrected chi connectivity index (χ4v) is 3.04. The van der Waals surface area contributed by atoms with Crippen LogP contribution in [0.2, 0.25) is 5.02 Å². The Morgan fingerprint density at radius 3 is 2.35 bits per heavy atom. The number of aryl methyl sites for hydroxylation is 1. The summed E-state index contributed by atoms with van der Waals surface area (Å²) in [5.74, 6) is 0.768. The van der Waals surface area contributed by atoms with E-state index < -0.39 is 0 Å². The molecule has 3 aromatic carbocycles. The van der Waals surface area contributed by atoms with Gasteiger partial charge in [-0.3, -0.25) is 0 Å². The van der Waals surface area contributed by atoms with Crippen LogP contribution >= 0.6 is 11.6 Å². The lowest BCUT2D eigenvalue weighted by molar-refractivity contribution is 0.618. The molecule has 128 valence electrons. The maximum absolute atomic E-state index is 6.10. The Labute approximate surface area is 157 Å². The van der Waals surface area contributed by atoms with Crippen molar-refractivity contribution < 1.29 is 4.42 Å². The molecule has 0 saturated heterocycles. The van der Waals surface area contributed by atoms with Gasteiger partial charge in [0.2, 0.25) is 0 Å². The van der Waals surface area contributed by atoms with Crippen molar-refractivity contribution in [2.75, 3.05) is 0 Å². The Morgan fingerprint density at radius 1 is 0.885 bits per heavy atom. The fourth-order valence-electron chi connectivity index (χ4n) is 2.91. The molecule has 0 aliphatic rings. The molecule has 2 nitrogen and oxygen atoms in total. The lowest BCUT2D eigenvalue weighted by Gasteiger charge is -2.05. The molecule has 4 aromatic rings. The number of hydrogen-bond acceptors (Lipinski definition) is 2. The molecule has 0 spiro atoms. The summed E-state index contributed by atoms with van der Waals surface area (Å²) < 4.78 is 6.10. The number of rotatable bonds is 3. The van der Waals surface area contributed by atoms with Crippen LogP contribution in [0.4, 0.5) is 5.69 Å². The molecule has 0 amide bonds. The van der Waals surface area contributed by atoms with Gasteiger partial charge in [-0.25, -0.2) is 4.99 Å². The summed E-state index contributed by atoms with van der Waals surface area (Å²) in [4.78, 5) is 4.86. The first-order valence-corrected chi connectivity index (χ1v) is 9.03. The second-order valence-electron chi connectivity index (χ2n) is 6.13. The Bertz CT molecular complexity index is 1110. The second kappa shape index (κ2) is 7.19. The third-order valence-electron chi connectivity index (χ3n) is 4.37. The molecule has 0 atom stereocenters. The van der Waals surface area contributed by atoms with Crippen molar-refractivity contribution in [1.82, 2.24) is 0 Å². The zero-order chi connectivity index (χ0) is 17.9. The van der Waals surface area contributed by atoms with Gasteiger partial charge < -0.3 is 4.42 Å². The van der Waals surface area contributed by atoms with Crippen LogP contribution in [-0.2, 0) is 6.42 Å². The van der Waals surface area contributed by atoms with Crippen LogP contribution in [0.15, 0.2) is 88.3 Å².